The third-order valence-electron chi connectivity index (χ3n) is 5.11. The van der Waals surface area contributed by atoms with Gasteiger partial charge in [-0.05, 0) is 49.1 Å². The van der Waals surface area contributed by atoms with Crippen LogP contribution in [0.3, 0.4) is 0 Å². The number of imide groups is 1. The minimum atomic E-state index is -0.278. The Hall–Kier alpha value is -2.82. The second-order valence-electron chi connectivity index (χ2n) is 6.99. The predicted octanol–water partition coefficient (Wildman–Crippen LogP) is 2.82. The Morgan fingerprint density at radius 3 is 2.73 bits per heavy atom. The molecule has 0 aromatic heterocycles. The van der Waals surface area contributed by atoms with E-state index in [1.807, 2.05) is 42.5 Å². The number of ether oxygens (including phenoxy) is 1. The zero-order valence-corrected chi connectivity index (χ0v) is 14.8. The molecule has 2 aliphatic heterocycles. The van der Waals surface area contributed by atoms with Gasteiger partial charge in [0.2, 0.25) is 11.8 Å². The minimum Gasteiger partial charge on any atom is -0.489 e. The van der Waals surface area contributed by atoms with Crippen LogP contribution in [0.4, 0.5) is 5.69 Å². The van der Waals surface area contributed by atoms with Crippen LogP contribution in [0.2, 0.25) is 0 Å². The minimum absolute atomic E-state index is 0.178. The van der Waals surface area contributed by atoms with Gasteiger partial charge in [-0.15, -0.1) is 0 Å². The Morgan fingerprint density at radius 2 is 1.96 bits per heavy atom. The molecular formula is C21H22N2O3. The van der Waals surface area contributed by atoms with Crippen molar-refractivity contribution in [3.8, 4) is 5.75 Å². The Balaban J connectivity index is 1.51. The number of fused-ring (bicyclic) bond motifs is 1. The van der Waals surface area contributed by atoms with Gasteiger partial charge >= 0.3 is 0 Å². The van der Waals surface area contributed by atoms with Crippen LogP contribution < -0.4 is 15.0 Å². The van der Waals surface area contributed by atoms with E-state index < -0.39 is 0 Å². The van der Waals surface area contributed by atoms with Crippen molar-refractivity contribution in [1.82, 2.24) is 5.32 Å². The maximum absolute atomic E-state index is 12.3. The number of rotatable bonds is 4. The van der Waals surface area contributed by atoms with Gasteiger partial charge in [0, 0.05) is 18.2 Å². The standard InChI is InChI=1S/C21H22N2O3/c1-14-11-16-12-17(26-13-15-5-3-2-4-6-15)7-8-18(16)23(14)19-9-10-20(24)22-21(19)25/h2-8,12,14,19H,9-11,13H2,1H3,(H,22,24,25). The lowest BCUT2D eigenvalue weighted by molar-refractivity contribution is -0.134. The number of amides is 2. The van der Waals surface area contributed by atoms with E-state index >= 15 is 0 Å². The fourth-order valence-electron chi connectivity index (χ4n) is 3.88. The maximum Gasteiger partial charge on any atom is 0.249 e. The summed E-state index contributed by atoms with van der Waals surface area (Å²) in [4.78, 5) is 25.9. The van der Waals surface area contributed by atoms with Gasteiger partial charge in [-0.2, -0.15) is 0 Å². The van der Waals surface area contributed by atoms with Crippen molar-refractivity contribution >= 4 is 17.5 Å². The average molecular weight is 350 g/mol. The molecule has 2 atom stereocenters. The summed E-state index contributed by atoms with van der Waals surface area (Å²) in [5.41, 5.74) is 3.39. The Kier molecular flexibility index (Phi) is 4.37. The predicted molar refractivity (Wildman–Crippen MR) is 99.0 cm³/mol. The van der Waals surface area contributed by atoms with Crippen molar-refractivity contribution in [2.75, 3.05) is 4.90 Å². The molecule has 1 saturated heterocycles. The number of benzene rings is 2. The van der Waals surface area contributed by atoms with E-state index in [2.05, 4.69) is 23.2 Å². The molecular weight excluding hydrogens is 328 g/mol. The van der Waals surface area contributed by atoms with Gasteiger partial charge in [-0.25, -0.2) is 0 Å². The molecule has 1 N–H and O–H groups in total. The molecule has 5 heteroatoms. The number of nitrogens with zero attached hydrogens (tertiary/aromatic N) is 1. The van der Waals surface area contributed by atoms with Crippen LogP contribution in [0, 0.1) is 0 Å². The lowest BCUT2D eigenvalue weighted by atomic mass is 10.0. The molecule has 2 amide bonds. The molecule has 2 unspecified atom stereocenters. The number of hydrogen-bond acceptors (Lipinski definition) is 4. The highest BCUT2D eigenvalue weighted by molar-refractivity contribution is 6.02. The van der Waals surface area contributed by atoms with Gasteiger partial charge in [0.15, 0.2) is 0 Å². The highest BCUT2D eigenvalue weighted by atomic mass is 16.5. The smallest absolute Gasteiger partial charge is 0.249 e. The quantitative estimate of drug-likeness (QED) is 0.862. The van der Waals surface area contributed by atoms with Crippen LogP contribution in [-0.2, 0) is 22.6 Å². The van der Waals surface area contributed by atoms with Crippen LogP contribution in [0.15, 0.2) is 48.5 Å². The number of hydrogen-bond donors (Lipinski definition) is 1. The highest BCUT2D eigenvalue weighted by Crippen LogP contribution is 2.37. The molecule has 26 heavy (non-hydrogen) atoms. The van der Waals surface area contributed by atoms with E-state index in [4.69, 9.17) is 4.74 Å². The molecule has 2 aromatic carbocycles. The van der Waals surface area contributed by atoms with Crippen LogP contribution in [0.5, 0.6) is 5.75 Å². The highest BCUT2D eigenvalue weighted by Gasteiger charge is 2.38. The van der Waals surface area contributed by atoms with Crippen molar-refractivity contribution in [1.29, 1.82) is 0 Å². The Labute approximate surface area is 153 Å². The van der Waals surface area contributed by atoms with E-state index in [1.165, 1.54) is 5.56 Å². The molecule has 0 spiro atoms. The number of carbonyl (C=O) groups excluding carboxylic acids is 2. The lowest BCUT2D eigenvalue weighted by Gasteiger charge is -2.35. The second kappa shape index (κ2) is 6.83. The first-order valence-corrected chi connectivity index (χ1v) is 9.03. The van der Waals surface area contributed by atoms with E-state index in [9.17, 15) is 9.59 Å². The van der Waals surface area contributed by atoms with E-state index in [0.717, 1.165) is 23.4 Å². The van der Waals surface area contributed by atoms with E-state index in [0.29, 0.717) is 19.4 Å². The summed E-state index contributed by atoms with van der Waals surface area (Å²) in [6, 6.07) is 16.1. The number of carbonyl (C=O) groups is 2. The van der Waals surface area contributed by atoms with Gasteiger partial charge in [-0.3, -0.25) is 14.9 Å². The van der Waals surface area contributed by atoms with Crippen molar-refractivity contribution in [3.05, 3.63) is 59.7 Å². The van der Waals surface area contributed by atoms with Crippen molar-refractivity contribution in [3.63, 3.8) is 0 Å². The summed E-state index contributed by atoms with van der Waals surface area (Å²) in [5.74, 6) is 0.471. The van der Waals surface area contributed by atoms with Crippen LogP contribution in [0.1, 0.15) is 30.9 Å². The Bertz CT molecular complexity index is 834. The topological polar surface area (TPSA) is 58.6 Å². The third kappa shape index (κ3) is 3.17. The van der Waals surface area contributed by atoms with E-state index in [1.54, 1.807) is 0 Å². The number of nitrogens with one attached hydrogen (secondary N) is 1. The van der Waals surface area contributed by atoms with Gasteiger partial charge < -0.3 is 9.64 Å². The molecule has 2 heterocycles. The summed E-state index contributed by atoms with van der Waals surface area (Å²) in [5, 5.41) is 2.46. The van der Waals surface area contributed by atoms with Crippen LogP contribution >= 0.6 is 0 Å². The lowest BCUT2D eigenvalue weighted by Crippen LogP contribution is -2.54. The molecule has 0 aliphatic carbocycles. The van der Waals surface area contributed by atoms with Gasteiger partial charge in [0.25, 0.3) is 0 Å². The summed E-state index contributed by atoms with van der Waals surface area (Å²) < 4.78 is 5.93. The molecule has 0 radical (unpaired) electrons. The van der Waals surface area contributed by atoms with Crippen molar-refractivity contribution in [2.24, 2.45) is 0 Å². The fourth-order valence-corrected chi connectivity index (χ4v) is 3.88. The fraction of sp³-hybridized carbons (Fsp3) is 0.333. The third-order valence-corrected chi connectivity index (χ3v) is 5.11. The molecule has 4 rings (SSSR count). The molecule has 0 bridgehead atoms. The molecule has 2 aromatic rings. The first kappa shape index (κ1) is 16.6. The van der Waals surface area contributed by atoms with Crippen molar-refractivity contribution in [2.45, 2.75) is 44.9 Å². The van der Waals surface area contributed by atoms with Crippen LogP contribution in [0.25, 0.3) is 0 Å². The normalized spacial score (nSPS) is 22.1. The summed E-state index contributed by atoms with van der Waals surface area (Å²) in [6.45, 7) is 2.65. The molecule has 0 saturated carbocycles. The van der Waals surface area contributed by atoms with Crippen molar-refractivity contribution < 1.29 is 14.3 Å². The van der Waals surface area contributed by atoms with Gasteiger partial charge in [-0.1, -0.05) is 30.3 Å². The zero-order chi connectivity index (χ0) is 18.1. The zero-order valence-electron chi connectivity index (χ0n) is 14.8. The number of piperidine rings is 1. The second-order valence-corrected chi connectivity index (χ2v) is 6.99. The monoisotopic (exact) mass is 350 g/mol. The van der Waals surface area contributed by atoms with Gasteiger partial charge in [0.1, 0.15) is 18.4 Å². The molecule has 2 aliphatic rings. The summed E-state index contributed by atoms with van der Waals surface area (Å²) >= 11 is 0. The van der Waals surface area contributed by atoms with Crippen LogP contribution in [-0.4, -0.2) is 23.9 Å². The van der Waals surface area contributed by atoms with Gasteiger partial charge in [0.05, 0.1) is 0 Å². The molecule has 5 nitrogen and oxygen atoms in total. The largest absolute Gasteiger partial charge is 0.489 e. The molecule has 134 valence electrons. The average Bonchev–Trinajstić information content (AvgIpc) is 2.96. The maximum atomic E-state index is 12.3. The summed E-state index contributed by atoms with van der Waals surface area (Å²) in [7, 11) is 0. The SMILES string of the molecule is CC1Cc2cc(OCc3ccccc3)ccc2N1C1CCC(=O)NC1=O. The van der Waals surface area contributed by atoms with E-state index in [-0.39, 0.29) is 23.9 Å². The molecule has 1 fully saturated rings. The Morgan fingerprint density at radius 1 is 1.15 bits per heavy atom. The number of anilines is 1. The first-order chi connectivity index (χ1) is 12.6. The summed E-state index contributed by atoms with van der Waals surface area (Å²) in [6.07, 6.45) is 1.84. The first-order valence-electron chi connectivity index (χ1n) is 9.03.